The number of carbonyl (C=O) groups is 1. The van der Waals surface area contributed by atoms with Gasteiger partial charge in [-0.25, -0.2) is 0 Å². The Kier molecular flexibility index (Phi) is 7.22. The van der Waals surface area contributed by atoms with Crippen LogP contribution in [0.15, 0.2) is 48.5 Å². The summed E-state index contributed by atoms with van der Waals surface area (Å²) >= 11 is 0. The third-order valence-corrected chi connectivity index (χ3v) is 4.72. The Balaban J connectivity index is 2.35. The van der Waals surface area contributed by atoms with E-state index in [0.717, 1.165) is 16.9 Å². The molecular formula is C22H30N2O2. The van der Waals surface area contributed by atoms with E-state index < -0.39 is 6.04 Å². The molecule has 0 radical (unpaired) electrons. The first-order valence-electron chi connectivity index (χ1n) is 9.26. The quantitative estimate of drug-likeness (QED) is 0.770. The highest BCUT2D eigenvalue weighted by Crippen LogP contribution is 2.29. The van der Waals surface area contributed by atoms with Crippen LogP contribution in [0, 0.1) is 6.92 Å². The number of nitrogens with one attached hydrogen (secondary N) is 1. The molecule has 0 fully saturated rings. The van der Waals surface area contributed by atoms with Gasteiger partial charge in [0.25, 0.3) is 0 Å². The van der Waals surface area contributed by atoms with Crippen molar-refractivity contribution in [1.29, 1.82) is 0 Å². The molecule has 1 amide bonds. The Bertz CT molecular complexity index is 711. The summed E-state index contributed by atoms with van der Waals surface area (Å²) in [7, 11) is 1.68. The first-order chi connectivity index (χ1) is 12.5. The minimum absolute atomic E-state index is 0.0328. The van der Waals surface area contributed by atoms with Crippen molar-refractivity contribution in [2.75, 3.05) is 20.2 Å². The van der Waals surface area contributed by atoms with Gasteiger partial charge in [0.05, 0.1) is 7.11 Å². The first-order valence-corrected chi connectivity index (χ1v) is 9.26. The molecule has 2 rings (SSSR count). The van der Waals surface area contributed by atoms with Crippen molar-refractivity contribution >= 4 is 5.91 Å². The third-order valence-electron chi connectivity index (χ3n) is 4.72. The number of rotatable bonds is 8. The van der Waals surface area contributed by atoms with Crippen LogP contribution in [0.5, 0.6) is 5.75 Å². The van der Waals surface area contributed by atoms with E-state index in [-0.39, 0.29) is 11.9 Å². The van der Waals surface area contributed by atoms with E-state index in [0.29, 0.717) is 13.1 Å². The van der Waals surface area contributed by atoms with E-state index in [9.17, 15) is 4.79 Å². The van der Waals surface area contributed by atoms with Gasteiger partial charge in [-0.15, -0.1) is 0 Å². The van der Waals surface area contributed by atoms with Crippen LogP contribution in [0.2, 0.25) is 0 Å². The maximum Gasteiger partial charge on any atom is 0.244 e. The van der Waals surface area contributed by atoms with Crippen LogP contribution in [0.3, 0.4) is 0 Å². The number of benzene rings is 2. The summed E-state index contributed by atoms with van der Waals surface area (Å²) in [4.78, 5) is 15.0. The van der Waals surface area contributed by atoms with E-state index in [4.69, 9.17) is 4.74 Å². The van der Waals surface area contributed by atoms with Crippen LogP contribution >= 0.6 is 0 Å². The molecule has 4 nitrogen and oxygen atoms in total. The van der Waals surface area contributed by atoms with Crippen molar-refractivity contribution in [3.8, 4) is 5.75 Å². The second-order valence-electron chi connectivity index (χ2n) is 6.49. The van der Waals surface area contributed by atoms with E-state index in [2.05, 4.69) is 25.2 Å². The predicted molar refractivity (Wildman–Crippen MR) is 106 cm³/mol. The molecule has 2 unspecified atom stereocenters. The summed E-state index contributed by atoms with van der Waals surface area (Å²) in [6.45, 7) is 9.55. The van der Waals surface area contributed by atoms with Gasteiger partial charge in [-0.1, -0.05) is 48.0 Å². The number of nitrogens with zero attached hydrogens (tertiary/aromatic N) is 1. The van der Waals surface area contributed by atoms with Crippen LogP contribution in [0.4, 0.5) is 0 Å². The fourth-order valence-electron chi connectivity index (χ4n) is 3.21. The maximum absolute atomic E-state index is 13.1. The zero-order chi connectivity index (χ0) is 19.1. The predicted octanol–water partition coefficient (Wildman–Crippen LogP) is 4.26. The Morgan fingerprint density at radius 1 is 1.12 bits per heavy atom. The highest BCUT2D eigenvalue weighted by molar-refractivity contribution is 5.83. The topological polar surface area (TPSA) is 41.6 Å². The van der Waals surface area contributed by atoms with Crippen LogP contribution in [0.1, 0.15) is 49.5 Å². The zero-order valence-electron chi connectivity index (χ0n) is 16.5. The number of hydrogen-bond donors (Lipinski definition) is 1. The normalized spacial score (nSPS) is 13.1. The van der Waals surface area contributed by atoms with Crippen molar-refractivity contribution in [3.63, 3.8) is 0 Å². The van der Waals surface area contributed by atoms with E-state index in [1.165, 1.54) is 5.56 Å². The van der Waals surface area contributed by atoms with E-state index >= 15 is 0 Å². The number of amides is 1. The Morgan fingerprint density at radius 3 is 2.35 bits per heavy atom. The Labute approximate surface area is 157 Å². The molecule has 0 aromatic heterocycles. The molecule has 4 heteroatoms. The third kappa shape index (κ3) is 4.64. The van der Waals surface area contributed by atoms with Gasteiger partial charge in [0.1, 0.15) is 11.8 Å². The second-order valence-corrected chi connectivity index (χ2v) is 6.49. The minimum Gasteiger partial charge on any atom is -0.496 e. The fourth-order valence-corrected chi connectivity index (χ4v) is 3.21. The highest BCUT2D eigenvalue weighted by atomic mass is 16.5. The van der Waals surface area contributed by atoms with Crippen molar-refractivity contribution in [3.05, 3.63) is 65.2 Å². The summed E-state index contributed by atoms with van der Waals surface area (Å²) in [6, 6.07) is 15.6. The summed E-state index contributed by atoms with van der Waals surface area (Å²) in [5, 5.41) is 3.53. The average molecular weight is 354 g/mol. The number of aryl methyl sites for hydroxylation is 1. The van der Waals surface area contributed by atoms with Crippen LogP contribution < -0.4 is 10.1 Å². The van der Waals surface area contributed by atoms with Gasteiger partial charge in [-0.05, 0) is 39.3 Å². The molecule has 0 aliphatic heterocycles. The smallest absolute Gasteiger partial charge is 0.244 e. The standard InChI is InChI=1S/C22H30N2O2/c1-6-24(7-2)22(25)21(18-11-9-8-10-12-18)23-17(4)19-15-16(3)13-14-20(19)26-5/h8-15,17,21,23H,6-7H2,1-5H3. The van der Waals surface area contributed by atoms with E-state index in [1.54, 1.807) is 7.11 Å². The van der Waals surface area contributed by atoms with Crippen molar-refractivity contribution in [2.45, 2.75) is 39.8 Å². The lowest BCUT2D eigenvalue weighted by atomic mass is 10.00. The molecule has 2 aromatic rings. The first kappa shape index (κ1) is 20.0. The van der Waals surface area contributed by atoms with Crippen LogP contribution in [0.25, 0.3) is 0 Å². The van der Waals surface area contributed by atoms with Gasteiger partial charge in [-0.2, -0.15) is 0 Å². The maximum atomic E-state index is 13.1. The molecule has 1 N–H and O–H groups in total. The molecule has 26 heavy (non-hydrogen) atoms. The lowest BCUT2D eigenvalue weighted by molar-refractivity contribution is -0.133. The van der Waals surface area contributed by atoms with Crippen molar-refractivity contribution in [1.82, 2.24) is 10.2 Å². The molecule has 0 spiro atoms. The van der Waals surface area contributed by atoms with Gasteiger partial charge in [0, 0.05) is 24.7 Å². The highest BCUT2D eigenvalue weighted by Gasteiger charge is 2.27. The molecule has 0 aliphatic rings. The minimum atomic E-state index is -0.392. The monoisotopic (exact) mass is 354 g/mol. The van der Waals surface area contributed by atoms with Gasteiger partial charge >= 0.3 is 0 Å². The lowest BCUT2D eigenvalue weighted by Gasteiger charge is -2.29. The number of hydrogen-bond acceptors (Lipinski definition) is 3. The summed E-state index contributed by atoms with van der Waals surface area (Å²) in [5.74, 6) is 0.928. The molecule has 0 saturated heterocycles. The van der Waals surface area contributed by atoms with E-state index in [1.807, 2.05) is 61.2 Å². The largest absolute Gasteiger partial charge is 0.496 e. The zero-order valence-corrected chi connectivity index (χ0v) is 16.5. The van der Waals surface area contributed by atoms with Crippen molar-refractivity contribution < 1.29 is 9.53 Å². The van der Waals surface area contributed by atoms with Gasteiger partial charge < -0.3 is 9.64 Å². The van der Waals surface area contributed by atoms with Gasteiger partial charge in [0.2, 0.25) is 5.91 Å². The van der Waals surface area contributed by atoms with Gasteiger partial charge in [0.15, 0.2) is 0 Å². The Hall–Kier alpha value is -2.33. The fraction of sp³-hybridized carbons (Fsp3) is 0.409. The average Bonchev–Trinajstić information content (AvgIpc) is 2.67. The number of carbonyl (C=O) groups excluding carboxylic acids is 1. The molecule has 0 saturated carbocycles. The SMILES string of the molecule is CCN(CC)C(=O)C(NC(C)c1cc(C)ccc1OC)c1ccccc1. The number of methoxy groups -OCH3 is 1. The van der Waals surface area contributed by atoms with Crippen LogP contribution in [-0.4, -0.2) is 31.0 Å². The molecule has 0 bridgehead atoms. The lowest BCUT2D eigenvalue weighted by Crippen LogP contribution is -2.41. The van der Waals surface area contributed by atoms with Gasteiger partial charge in [-0.3, -0.25) is 10.1 Å². The molecule has 0 heterocycles. The summed E-state index contributed by atoms with van der Waals surface area (Å²) in [5.41, 5.74) is 3.20. The summed E-state index contributed by atoms with van der Waals surface area (Å²) in [6.07, 6.45) is 0. The Morgan fingerprint density at radius 2 is 1.77 bits per heavy atom. The molecular weight excluding hydrogens is 324 g/mol. The molecule has 0 aliphatic carbocycles. The van der Waals surface area contributed by atoms with Crippen LogP contribution in [-0.2, 0) is 4.79 Å². The van der Waals surface area contributed by atoms with Crippen molar-refractivity contribution in [2.24, 2.45) is 0 Å². The second kappa shape index (κ2) is 9.39. The molecule has 2 aromatic carbocycles. The summed E-state index contributed by atoms with van der Waals surface area (Å²) < 4.78 is 5.52. The molecule has 2 atom stereocenters. The number of likely N-dealkylation sites (N-methyl/N-ethyl adjacent to an activating group) is 1. The molecule has 140 valence electrons. The number of ether oxygens (including phenoxy) is 1.